The SMILES string of the molecule is CCOc1cc(/C=C2/SC(=O)N([C@@H](C)CC)C2=O)cc(Br)c1OCC(=O)OC. The van der Waals surface area contributed by atoms with Crippen LogP contribution in [0.2, 0.25) is 0 Å². The van der Waals surface area contributed by atoms with Crippen LogP contribution in [-0.4, -0.2) is 48.4 Å². The summed E-state index contributed by atoms with van der Waals surface area (Å²) in [6.45, 7) is 5.71. The maximum Gasteiger partial charge on any atom is 0.343 e. The Balaban J connectivity index is 2.34. The van der Waals surface area contributed by atoms with E-state index >= 15 is 0 Å². The number of benzene rings is 1. The Bertz CT molecular complexity index is 810. The molecule has 2 rings (SSSR count). The predicted octanol–water partition coefficient (Wildman–Crippen LogP) is 4.23. The molecule has 1 aromatic carbocycles. The summed E-state index contributed by atoms with van der Waals surface area (Å²) in [5.41, 5.74) is 0.662. The second kappa shape index (κ2) is 9.97. The monoisotopic (exact) mass is 471 g/mol. The number of carbonyl (C=O) groups excluding carboxylic acids is 3. The summed E-state index contributed by atoms with van der Waals surface area (Å²) >= 11 is 4.32. The van der Waals surface area contributed by atoms with Crippen molar-refractivity contribution in [2.24, 2.45) is 0 Å². The summed E-state index contributed by atoms with van der Waals surface area (Å²) < 4.78 is 16.2. The van der Waals surface area contributed by atoms with Crippen molar-refractivity contribution in [3.05, 3.63) is 27.1 Å². The van der Waals surface area contributed by atoms with Crippen LogP contribution in [0.1, 0.15) is 32.8 Å². The van der Waals surface area contributed by atoms with E-state index in [0.29, 0.717) is 39.5 Å². The summed E-state index contributed by atoms with van der Waals surface area (Å²) in [5, 5.41) is -0.271. The average Bonchev–Trinajstić information content (AvgIpc) is 2.93. The zero-order valence-corrected chi connectivity index (χ0v) is 18.5. The molecule has 1 fully saturated rings. The predicted molar refractivity (Wildman–Crippen MR) is 110 cm³/mol. The Morgan fingerprint density at radius 1 is 1.29 bits per heavy atom. The Morgan fingerprint density at radius 2 is 2.00 bits per heavy atom. The third-order valence-corrected chi connectivity index (χ3v) is 5.52. The molecule has 1 saturated heterocycles. The smallest absolute Gasteiger partial charge is 0.343 e. The molecule has 0 bridgehead atoms. The number of esters is 1. The molecule has 28 heavy (non-hydrogen) atoms. The minimum absolute atomic E-state index is 0.154. The van der Waals surface area contributed by atoms with Crippen molar-refractivity contribution >= 4 is 50.9 Å². The van der Waals surface area contributed by atoms with Gasteiger partial charge in [-0.1, -0.05) is 6.92 Å². The van der Waals surface area contributed by atoms with Gasteiger partial charge in [-0.05, 0) is 71.7 Å². The number of hydrogen-bond donors (Lipinski definition) is 0. The number of amides is 2. The van der Waals surface area contributed by atoms with E-state index in [1.165, 1.54) is 12.0 Å². The normalized spacial score (nSPS) is 16.5. The molecule has 0 spiro atoms. The maximum absolute atomic E-state index is 12.6. The van der Waals surface area contributed by atoms with E-state index in [1.54, 1.807) is 18.2 Å². The van der Waals surface area contributed by atoms with Crippen LogP contribution >= 0.6 is 27.7 Å². The van der Waals surface area contributed by atoms with Gasteiger partial charge in [0.25, 0.3) is 11.1 Å². The van der Waals surface area contributed by atoms with Gasteiger partial charge in [0, 0.05) is 6.04 Å². The Hall–Kier alpha value is -2.00. The number of carbonyl (C=O) groups is 3. The molecule has 0 N–H and O–H groups in total. The molecule has 0 aromatic heterocycles. The lowest BCUT2D eigenvalue weighted by Crippen LogP contribution is -2.36. The molecule has 7 nitrogen and oxygen atoms in total. The molecule has 0 unspecified atom stereocenters. The molecular weight excluding hydrogens is 450 g/mol. The van der Waals surface area contributed by atoms with Gasteiger partial charge in [0.1, 0.15) is 0 Å². The van der Waals surface area contributed by atoms with E-state index in [2.05, 4.69) is 20.7 Å². The van der Waals surface area contributed by atoms with Crippen LogP contribution in [0, 0.1) is 0 Å². The van der Waals surface area contributed by atoms with Crippen LogP contribution in [-0.2, 0) is 14.3 Å². The first-order valence-corrected chi connectivity index (χ1v) is 10.4. The molecule has 0 aliphatic carbocycles. The Labute approximate surface area is 176 Å². The summed E-state index contributed by atoms with van der Waals surface area (Å²) in [5.74, 6) is -0.0492. The largest absolute Gasteiger partial charge is 0.490 e. The number of methoxy groups -OCH3 is 1. The van der Waals surface area contributed by atoms with Gasteiger partial charge in [-0.3, -0.25) is 14.5 Å². The highest BCUT2D eigenvalue weighted by Crippen LogP contribution is 2.39. The molecular formula is C19H22BrNO6S. The second-order valence-electron chi connectivity index (χ2n) is 5.94. The summed E-state index contributed by atoms with van der Waals surface area (Å²) in [6, 6.07) is 3.27. The number of thioether (sulfide) groups is 1. The zero-order chi connectivity index (χ0) is 20.8. The number of halogens is 1. The lowest BCUT2D eigenvalue weighted by Gasteiger charge is -2.19. The number of hydrogen-bond acceptors (Lipinski definition) is 7. The molecule has 9 heteroatoms. The van der Waals surface area contributed by atoms with Gasteiger partial charge in [-0.2, -0.15) is 0 Å². The molecule has 1 aliphatic rings. The highest BCUT2D eigenvalue weighted by atomic mass is 79.9. The quantitative estimate of drug-likeness (QED) is 0.414. The van der Waals surface area contributed by atoms with Crippen molar-refractivity contribution in [1.29, 1.82) is 0 Å². The van der Waals surface area contributed by atoms with Gasteiger partial charge < -0.3 is 14.2 Å². The fraction of sp³-hybridized carbons (Fsp3) is 0.421. The van der Waals surface area contributed by atoms with Crippen LogP contribution in [0.15, 0.2) is 21.5 Å². The highest BCUT2D eigenvalue weighted by Gasteiger charge is 2.37. The van der Waals surface area contributed by atoms with Gasteiger partial charge in [0.05, 0.1) is 23.1 Å². The molecule has 0 radical (unpaired) electrons. The Morgan fingerprint density at radius 3 is 2.61 bits per heavy atom. The second-order valence-corrected chi connectivity index (χ2v) is 7.78. The molecule has 1 aromatic rings. The minimum atomic E-state index is -0.517. The van der Waals surface area contributed by atoms with Crippen molar-refractivity contribution in [3.8, 4) is 11.5 Å². The fourth-order valence-corrected chi connectivity index (χ4v) is 3.96. The first-order chi connectivity index (χ1) is 13.3. The van der Waals surface area contributed by atoms with Crippen LogP contribution in [0.4, 0.5) is 4.79 Å². The number of nitrogens with zero attached hydrogens (tertiary/aromatic N) is 1. The topological polar surface area (TPSA) is 82.1 Å². The van der Waals surface area contributed by atoms with E-state index in [4.69, 9.17) is 9.47 Å². The zero-order valence-electron chi connectivity index (χ0n) is 16.1. The van der Waals surface area contributed by atoms with Gasteiger partial charge in [0.15, 0.2) is 18.1 Å². The molecule has 2 amide bonds. The van der Waals surface area contributed by atoms with E-state index < -0.39 is 5.97 Å². The van der Waals surface area contributed by atoms with Crippen LogP contribution in [0.25, 0.3) is 6.08 Å². The van der Waals surface area contributed by atoms with Crippen molar-refractivity contribution in [3.63, 3.8) is 0 Å². The average molecular weight is 472 g/mol. The van der Waals surface area contributed by atoms with E-state index in [1.807, 2.05) is 20.8 Å². The summed E-state index contributed by atoms with van der Waals surface area (Å²) in [7, 11) is 1.28. The molecule has 1 atom stereocenters. The standard InChI is InChI=1S/C19H22BrNO6S/c1-5-11(3)21-18(23)15(28-19(21)24)9-12-7-13(20)17(14(8-12)26-6-2)27-10-16(22)25-4/h7-9,11H,5-6,10H2,1-4H3/b15-9+/t11-/m0/s1. The van der Waals surface area contributed by atoms with Crippen LogP contribution < -0.4 is 9.47 Å². The van der Waals surface area contributed by atoms with E-state index in [0.717, 1.165) is 11.8 Å². The lowest BCUT2D eigenvalue weighted by atomic mass is 10.1. The summed E-state index contributed by atoms with van der Waals surface area (Å²) in [4.78, 5) is 37.8. The lowest BCUT2D eigenvalue weighted by molar-refractivity contribution is -0.143. The molecule has 0 saturated carbocycles. The number of imide groups is 1. The highest BCUT2D eigenvalue weighted by molar-refractivity contribution is 9.10. The van der Waals surface area contributed by atoms with Crippen LogP contribution in [0.3, 0.4) is 0 Å². The van der Waals surface area contributed by atoms with Crippen molar-refractivity contribution in [2.45, 2.75) is 33.2 Å². The van der Waals surface area contributed by atoms with E-state index in [9.17, 15) is 14.4 Å². The third-order valence-electron chi connectivity index (χ3n) is 4.05. The first kappa shape index (κ1) is 22.3. The third kappa shape index (κ3) is 5.08. The van der Waals surface area contributed by atoms with Crippen molar-refractivity contribution in [1.82, 2.24) is 4.90 Å². The number of rotatable bonds is 8. The van der Waals surface area contributed by atoms with E-state index in [-0.39, 0.29) is 23.8 Å². The van der Waals surface area contributed by atoms with Gasteiger partial charge in [-0.15, -0.1) is 0 Å². The van der Waals surface area contributed by atoms with Crippen molar-refractivity contribution in [2.75, 3.05) is 20.3 Å². The van der Waals surface area contributed by atoms with Crippen molar-refractivity contribution < 1.29 is 28.6 Å². The number of ether oxygens (including phenoxy) is 3. The molecule has 1 heterocycles. The fourth-order valence-electron chi connectivity index (χ4n) is 2.46. The van der Waals surface area contributed by atoms with Gasteiger partial charge in [-0.25, -0.2) is 4.79 Å². The molecule has 152 valence electrons. The van der Waals surface area contributed by atoms with Crippen LogP contribution in [0.5, 0.6) is 11.5 Å². The Kier molecular flexibility index (Phi) is 7.94. The minimum Gasteiger partial charge on any atom is -0.490 e. The van der Waals surface area contributed by atoms with Gasteiger partial charge >= 0.3 is 5.97 Å². The first-order valence-electron chi connectivity index (χ1n) is 8.75. The maximum atomic E-state index is 12.6. The van der Waals surface area contributed by atoms with Gasteiger partial charge in [0.2, 0.25) is 0 Å². The summed E-state index contributed by atoms with van der Waals surface area (Å²) in [6.07, 6.45) is 2.34. The molecule has 1 aliphatic heterocycles.